The van der Waals surface area contributed by atoms with Crippen LogP contribution in [0.15, 0.2) is 30.3 Å². The Morgan fingerprint density at radius 2 is 1.89 bits per heavy atom. The van der Waals surface area contributed by atoms with E-state index >= 15 is 0 Å². The summed E-state index contributed by atoms with van der Waals surface area (Å²) < 4.78 is 0. The van der Waals surface area contributed by atoms with Gasteiger partial charge in [-0.1, -0.05) is 37.3 Å². The minimum absolute atomic E-state index is 0.0842. The molecule has 4 heteroatoms. The van der Waals surface area contributed by atoms with Gasteiger partial charge in [0.25, 0.3) is 0 Å². The van der Waals surface area contributed by atoms with Crippen molar-refractivity contribution >= 4 is 11.9 Å². The van der Waals surface area contributed by atoms with Crippen LogP contribution in [0, 0.1) is 5.92 Å². The molecule has 0 radical (unpaired) electrons. The van der Waals surface area contributed by atoms with Gasteiger partial charge in [0.1, 0.15) is 0 Å². The molecule has 1 rings (SSSR count). The number of amides is 1. The third kappa shape index (κ3) is 4.57. The highest BCUT2D eigenvalue weighted by atomic mass is 16.4. The largest absolute Gasteiger partial charge is 0.481 e. The van der Waals surface area contributed by atoms with E-state index in [1.807, 2.05) is 30.3 Å². The van der Waals surface area contributed by atoms with E-state index in [2.05, 4.69) is 0 Å². The van der Waals surface area contributed by atoms with Crippen molar-refractivity contribution in [2.45, 2.75) is 20.3 Å². The molecule has 4 nitrogen and oxygen atoms in total. The zero-order chi connectivity index (χ0) is 13.5. The van der Waals surface area contributed by atoms with Gasteiger partial charge in [0.2, 0.25) is 5.91 Å². The van der Waals surface area contributed by atoms with Gasteiger partial charge in [0.05, 0.1) is 5.92 Å². The molecule has 0 aliphatic rings. The summed E-state index contributed by atoms with van der Waals surface area (Å²) in [6.45, 7) is 3.90. The van der Waals surface area contributed by atoms with Gasteiger partial charge in [0.15, 0.2) is 0 Å². The van der Waals surface area contributed by atoms with E-state index in [1.165, 1.54) is 6.92 Å². The smallest absolute Gasteiger partial charge is 0.308 e. The van der Waals surface area contributed by atoms with Crippen molar-refractivity contribution in [3.05, 3.63) is 35.9 Å². The van der Waals surface area contributed by atoms with Crippen LogP contribution in [0.1, 0.15) is 19.4 Å². The highest BCUT2D eigenvalue weighted by Crippen LogP contribution is 2.05. The Bertz CT molecular complexity index is 403. The molecule has 0 aliphatic carbocycles. The summed E-state index contributed by atoms with van der Waals surface area (Å²) in [4.78, 5) is 23.8. The predicted octanol–water partition coefficient (Wildman–Crippen LogP) is 1.80. The molecule has 0 aromatic heterocycles. The predicted molar refractivity (Wildman–Crippen MR) is 69.2 cm³/mol. The third-order valence-corrected chi connectivity index (χ3v) is 2.87. The van der Waals surface area contributed by atoms with E-state index < -0.39 is 11.9 Å². The molecule has 18 heavy (non-hydrogen) atoms. The molecule has 1 aromatic rings. The molecule has 0 fully saturated rings. The Labute approximate surface area is 107 Å². The summed E-state index contributed by atoms with van der Waals surface area (Å²) in [5.41, 5.74) is 1.15. The summed E-state index contributed by atoms with van der Waals surface area (Å²) >= 11 is 0. The van der Waals surface area contributed by atoms with Crippen LogP contribution in [0.2, 0.25) is 0 Å². The number of carboxylic acid groups (broad SMARTS) is 1. The number of aliphatic carboxylic acids is 1. The molecule has 0 saturated carbocycles. The van der Waals surface area contributed by atoms with Crippen LogP contribution in [0.25, 0.3) is 0 Å². The van der Waals surface area contributed by atoms with E-state index in [4.69, 9.17) is 5.11 Å². The highest BCUT2D eigenvalue weighted by Gasteiger charge is 2.17. The molecule has 0 aliphatic heterocycles. The zero-order valence-electron chi connectivity index (χ0n) is 10.8. The number of hydrogen-bond acceptors (Lipinski definition) is 2. The lowest BCUT2D eigenvalue weighted by Crippen LogP contribution is -2.36. The Kier molecular flexibility index (Phi) is 5.36. The van der Waals surface area contributed by atoms with Crippen LogP contribution in [0.5, 0.6) is 0 Å². The Morgan fingerprint density at radius 3 is 2.39 bits per heavy atom. The topological polar surface area (TPSA) is 57.6 Å². The molecule has 0 saturated heterocycles. The van der Waals surface area contributed by atoms with E-state index in [9.17, 15) is 9.59 Å². The molecule has 1 N–H and O–H groups in total. The molecular weight excluding hydrogens is 230 g/mol. The molecule has 1 atom stereocenters. The van der Waals surface area contributed by atoms with Gasteiger partial charge < -0.3 is 10.0 Å². The average molecular weight is 249 g/mol. The van der Waals surface area contributed by atoms with Crippen LogP contribution >= 0.6 is 0 Å². The summed E-state index contributed by atoms with van der Waals surface area (Å²) in [6.07, 6.45) is 0.743. The second-order valence-corrected chi connectivity index (χ2v) is 4.44. The van der Waals surface area contributed by atoms with Crippen molar-refractivity contribution in [3.8, 4) is 0 Å². The van der Waals surface area contributed by atoms with E-state index in [-0.39, 0.29) is 12.5 Å². The minimum Gasteiger partial charge on any atom is -0.481 e. The zero-order valence-corrected chi connectivity index (χ0v) is 10.8. The molecule has 1 amide bonds. The maximum atomic E-state index is 11.5. The van der Waals surface area contributed by atoms with Gasteiger partial charge in [0, 0.05) is 20.0 Å². The fourth-order valence-corrected chi connectivity index (χ4v) is 1.69. The van der Waals surface area contributed by atoms with Crippen molar-refractivity contribution < 1.29 is 14.7 Å². The summed E-state index contributed by atoms with van der Waals surface area (Å²) in [6, 6.07) is 9.84. The first-order valence-electron chi connectivity index (χ1n) is 6.03. The first-order chi connectivity index (χ1) is 8.50. The monoisotopic (exact) mass is 249 g/mol. The fourth-order valence-electron chi connectivity index (χ4n) is 1.69. The van der Waals surface area contributed by atoms with Gasteiger partial charge in [-0.2, -0.15) is 0 Å². The number of nitrogens with zero attached hydrogens (tertiary/aromatic N) is 1. The molecule has 0 bridgehead atoms. The fraction of sp³-hybridized carbons (Fsp3) is 0.429. The van der Waals surface area contributed by atoms with Gasteiger partial charge in [-0.25, -0.2) is 0 Å². The van der Waals surface area contributed by atoms with Crippen molar-refractivity contribution in [1.29, 1.82) is 0 Å². The van der Waals surface area contributed by atoms with Crippen molar-refractivity contribution in [2.75, 3.05) is 13.1 Å². The number of carboxylic acids is 1. The minimum atomic E-state index is -0.874. The number of carbonyl (C=O) groups is 2. The third-order valence-electron chi connectivity index (χ3n) is 2.87. The number of rotatable bonds is 6. The SMILES string of the molecule is CC(=O)N(CCc1ccccc1)CC(C)C(=O)O. The second-order valence-electron chi connectivity index (χ2n) is 4.44. The molecular formula is C14H19NO3. The van der Waals surface area contributed by atoms with E-state index in [0.717, 1.165) is 12.0 Å². The van der Waals surface area contributed by atoms with Gasteiger partial charge >= 0.3 is 5.97 Å². The summed E-state index contributed by atoms with van der Waals surface area (Å²) in [5, 5.41) is 8.86. The van der Waals surface area contributed by atoms with Gasteiger partial charge in [-0.15, -0.1) is 0 Å². The Morgan fingerprint density at radius 1 is 1.28 bits per heavy atom. The van der Waals surface area contributed by atoms with Crippen LogP contribution < -0.4 is 0 Å². The standard InChI is InChI=1S/C14H19NO3/c1-11(14(17)18)10-15(12(2)16)9-8-13-6-4-3-5-7-13/h3-7,11H,8-10H2,1-2H3,(H,17,18). The summed E-state index contributed by atoms with van der Waals surface area (Å²) in [7, 11) is 0. The Balaban J connectivity index is 2.53. The van der Waals surface area contributed by atoms with Crippen molar-refractivity contribution in [1.82, 2.24) is 4.90 Å². The number of hydrogen-bond donors (Lipinski definition) is 1. The lowest BCUT2D eigenvalue weighted by molar-refractivity contribution is -0.142. The maximum absolute atomic E-state index is 11.5. The molecule has 0 heterocycles. The van der Waals surface area contributed by atoms with Crippen molar-refractivity contribution in [2.24, 2.45) is 5.92 Å². The highest BCUT2D eigenvalue weighted by molar-refractivity contribution is 5.75. The summed E-state index contributed by atoms with van der Waals surface area (Å²) in [5.74, 6) is -1.50. The van der Waals surface area contributed by atoms with Gasteiger partial charge in [-0.3, -0.25) is 9.59 Å². The Hall–Kier alpha value is -1.84. The average Bonchev–Trinajstić information content (AvgIpc) is 2.34. The molecule has 98 valence electrons. The molecule has 0 spiro atoms. The van der Waals surface area contributed by atoms with Gasteiger partial charge in [-0.05, 0) is 12.0 Å². The normalized spacial score (nSPS) is 11.9. The molecule has 1 unspecified atom stereocenters. The maximum Gasteiger partial charge on any atom is 0.308 e. The van der Waals surface area contributed by atoms with Crippen molar-refractivity contribution in [3.63, 3.8) is 0 Å². The van der Waals surface area contributed by atoms with Crippen LogP contribution in [-0.4, -0.2) is 35.0 Å². The van der Waals surface area contributed by atoms with E-state index in [0.29, 0.717) is 6.54 Å². The lowest BCUT2D eigenvalue weighted by Gasteiger charge is -2.23. The number of benzene rings is 1. The van der Waals surface area contributed by atoms with Crippen LogP contribution in [0.4, 0.5) is 0 Å². The quantitative estimate of drug-likeness (QED) is 0.836. The lowest BCUT2D eigenvalue weighted by atomic mass is 10.1. The molecule has 1 aromatic carbocycles. The van der Waals surface area contributed by atoms with Crippen LogP contribution in [-0.2, 0) is 16.0 Å². The van der Waals surface area contributed by atoms with E-state index in [1.54, 1.807) is 11.8 Å². The second kappa shape index (κ2) is 6.79. The van der Waals surface area contributed by atoms with Crippen LogP contribution in [0.3, 0.4) is 0 Å². The number of carbonyl (C=O) groups excluding carboxylic acids is 1. The first kappa shape index (κ1) is 14.2. The first-order valence-corrected chi connectivity index (χ1v) is 6.03.